The minimum absolute atomic E-state index is 0.437. The van der Waals surface area contributed by atoms with Gasteiger partial charge < -0.3 is 0 Å². The molecule has 6 nitrogen and oxygen atoms in total. The summed E-state index contributed by atoms with van der Waals surface area (Å²) in [5.74, 6) is 0. The SMILES string of the molecule is Cc1cc(C)c(-c2cccc[n+]2C)cc1C.Cc1cc(C)c(C)c(-c2cccc[n+]2C)c1.Cc1cc(C)c(C)c(-c2cccc[n+]2C)c1.Cc1ccc(-c2cccc[n+]2C)c(C)c1C.[2H]C([2H])([2H])c1c(C)cc(-c2ccccc2C)[n+](C)c1C.[2H]C([2H])([2H])c1ccc(-c2cccc[n+]2C)c(C)c1C. The molecule has 0 aliphatic carbocycles. The Morgan fingerprint density at radius 3 is 0.979 bits per heavy atom. The molecule has 0 aliphatic rings. The maximum absolute atomic E-state index is 7.69. The number of benzene rings is 6. The third-order valence-corrected chi connectivity index (χ3v) is 19.4. The van der Waals surface area contributed by atoms with Gasteiger partial charge in [0.25, 0.3) is 0 Å². The van der Waals surface area contributed by atoms with Crippen LogP contribution in [0, 0.1) is 131 Å². The van der Waals surface area contributed by atoms with Gasteiger partial charge in [0.15, 0.2) is 36.7 Å². The smallest absolute Gasteiger partial charge is 0.201 e. The highest BCUT2D eigenvalue weighted by Gasteiger charge is 2.20. The van der Waals surface area contributed by atoms with Crippen LogP contribution in [0.1, 0.15) is 114 Å². The minimum Gasteiger partial charge on any atom is -0.201 e. The second-order valence-electron chi connectivity index (χ2n) is 26.4. The second kappa shape index (κ2) is 33.7. The van der Waals surface area contributed by atoms with Crippen LogP contribution in [0.25, 0.3) is 67.5 Å². The van der Waals surface area contributed by atoms with E-state index in [-0.39, 0.29) is 0 Å². The van der Waals surface area contributed by atoms with Crippen molar-refractivity contribution in [2.45, 2.75) is 131 Å². The van der Waals surface area contributed by atoms with E-state index in [1.165, 1.54) is 117 Å². The number of rotatable bonds is 6. The number of nitrogens with zero attached hydrogens (tertiary/aromatic N) is 6. The van der Waals surface area contributed by atoms with Gasteiger partial charge in [-0.3, -0.25) is 0 Å². The van der Waals surface area contributed by atoms with Crippen molar-refractivity contribution in [2.24, 2.45) is 42.3 Å². The largest absolute Gasteiger partial charge is 0.212 e. The molecule has 0 N–H and O–H groups in total. The zero-order valence-electron chi connectivity index (χ0n) is 68.4. The highest BCUT2D eigenvalue weighted by atomic mass is 15.0. The van der Waals surface area contributed by atoms with Crippen LogP contribution in [0.15, 0.2) is 213 Å². The molecule has 0 radical (unpaired) electrons. The Labute approximate surface area is 592 Å². The van der Waals surface area contributed by atoms with E-state index in [1.807, 2.05) is 99.6 Å². The van der Waals surface area contributed by atoms with E-state index in [9.17, 15) is 0 Å². The quantitative estimate of drug-likeness (QED) is 0.148. The standard InChI is InChI=1S/C16H20N.5C15H18N/c1-11-8-6-7-9-15(11)16-10-12(2)13(3)14(4)17(16)5;2*1-11-8-9-14(13(3)12(11)2)15-7-5-6-10-16(15)4;1-11-9-13(3)14(10-12(11)2)15-7-5-6-8-16(15)4;2*1-11-9-12(2)13(3)14(10-11)15-7-5-6-8-16(15)4/h6-10H,1-5H3;5*5-10H,1-4H3/q6*+1/i3D3;1D3;;;;. The average Bonchev–Trinajstić information content (AvgIpc) is 0.792. The fourth-order valence-corrected chi connectivity index (χ4v) is 12.3. The predicted molar refractivity (Wildman–Crippen MR) is 408 cm³/mol. The molecule has 97 heavy (non-hydrogen) atoms. The van der Waals surface area contributed by atoms with Crippen LogP contribution >= 0.6 is 0 Å². The van der Waals surface area contributed by atoms with Crippen molar-refractivity contribution < 1.29 is 35.6 Å². The molecule has 6 aromatic carbocycles. The van der Waals surface area contributed by atoms with Crippen LogP contribution in [-0.4, -0.2) is 0 Å². The van der Waals surface area contributed by atoms with E-state index in [2.05, 4.69) is 295 Å². The lowest BCUT2D eigenvalue weighted by atomic mass is 9.96. The molecular weight excluding hydrogens is 1180 g/mol. The summed E-state index contributed by atoms with van der Waals surface area (Å²) in [4.78, 5) is 0. The first-order valence-electron chi connectivity index (χ1n) is 36.7. The molecule has 0 amide bonds. The third kappa shape index (κ3) is 18.4. The highest BCUT2D eigenvalue weighted by Crippen LogP contribution is 2.30. The van der Waals surface area contributed by atoms with E-state index >= 15 is 0 Å². The van der Waals surface area contributed by atoms with Crippen molar-refractivity contribution in [1.82, 2.24) is 0 Å². The van der Waals surface area contributed by atoms with Crippen molar-refractivity contribution in [3.05, 3.63) is 319 Å². The van der Waals surface area contributed by atoms with Crippen LogP contribution in [0.3, 0.4) is 0 Å². The molecule has 12 rings (SSSR count). The summed E-state index contributed by atoms with van der Waals surface area (Å²) in [6.45, 7) is 31.6. The summed E-state index contributed by atoms with van der Waals surface area (Å²) in [6, 6.07) is 62.9. The van der Waals surface area contributed by atoms with Crippen LogP contribution in [-0.2, 0) is 42.3 Å². The fraction of sp³-hybridized carbons (Fsp3) is 0.275. The molecule has 6 heteroatoms. The number of aromatic nitrogens is 6. The highest BCUT2D eigenvalue weighted by molar-refractivity contribution is 5.68. The number of hydrogen-bond donors (Lipinski definition) is 0. The number of aryl methyl sites for hydroxylation is 16. The normalized spacial score (nSPS) is 11.7. The first-order valence-corrected chi connectivity index (χ1v) is 33.7. The van der Waals surface area contributed by atoms with E-state index in [0.29, 0.717) is 11.1 Å². The Kier molecular flexibility index (Phi) is 22.9. The number of hydrogen-bond acceptors (Lipinski definition) is 0. The molecule has 0 saturated heterocycles. The van der Waals surface area contributed by atoms with E-state index in [4.69, 9.17) is 8.22 Å². The molecule has 0 atom stereocenters. The van der Waals surface area contributed by atoms with Crippen LogP contribution in [0.5, 0.6) is 0 Å². The monoisotopic (exact) mass is 1290 g/mol. The van der Waals surface area contributed by atoms with Gasteiger partial charge in [0, 0.05) is 121 Å². The Morgan fingerprint density at radius 2 is 0.577 bits per heavy atom. The molecule has 498 valence electrons. The Morgan fingerprint density at radius 1 is 0.216 bits per heavy atom. The van der Waals surface area contributed by atoms with Crippen molar-refractivity contribution >= 4 is 0 Å². The first kappa shape index (κ1) is 65.9. The van der Waals surface area contributed by atoms with Gasteiger partial charge in [0.05, 0.1) is 0 Å². The van der Waals surface area contributed by atoms with E-state index in [0.717, 1.165) is 44.9 Å². The van der Waals surface area contributed by atoms with Crippen LogP contribution in [0.2, 0.25) is 0 Å². The average molecular weight is 1290 g/mol. The van der Waals surface area contributed by atoms with Crippen molar-refractivity contribution in [3.8, 4) is 67.5 Å². The lowest BCUT2D eigenvalue weighted by molar-refractivity contribution is -0.667. The van der Waals surface area contributed by atoms with Crippen LogP contribution in [0.4, 0.5) is 0 Å². The van der Waals surface area contributed by atoms with E-state index < -0.39 is 13.7 Å². The van der Waals surface area contributed by atoms with Gasteiger partial charge in [-0.15, -0.1) is 0 Å². The molecule has 0 fully saturated rings. The fourth-order valence-electron chi connectivity index (χ4n) is 12.3. The van der Waals surface area contributed by atoms with Gasteiger partial charge in [0.1, 0.15) is 42.3 Å². The second-order valence-corrected chi connectivity index (χ2v) is 26.4. The Bertz CT molecular complexity index is 4860. The molecular formula is C91H110N6+6. The molecule has 0 spiro atoms. The summed E-state index contributed by atoms with van der Waals surface area (Å²) < 4.78 is 58.4. The zero-order chi connectivity index (χ0) is 76.1. The molecule has 0 saturated carbocycles. The maximum atomic E-state index is 7.69. The molecule has 0 unspecified atom stereocenters. The summed E-state index contributed by atoms with van der Waals surface area (Å²) in [7, 11) is 12.3. The molecule has 12 aromatic rings. The van der Waals surface area contributed by atoms with Gasteiger partial charge in [-0.25, -0.2) is 22.8 Å². The lowest BCUT2D eigenvalue weighted by Gasteiger charge is -2.09. The van der Waals surface area contributed by atoms with Crippen molar-refractivity contribution in [3.63, 3.8) is 0 Å². The van der Waals surface area contributed by atoms with Crippen molar-refractivity contribution in [2.75, 3.05) is 0 Å². The summed E-state index contributed by atoms with van der Waals surface area (Å²) >= 11 is 0. The van der Waals surface area contributed by atoms with Gasteiger partial charge >= 0.3 is 0 Å². The summed E-state index contributed by atoms with van der Waals surface area (Å²) in [5.41, 5.74) is 36.6. The summed E-state index contributed by atoms with van der Waals surface area (Å²) in [6.07, 6.45) is 10.3. The Balaban J connectivity index is 0.000000173. The van der Waals surface area contributed by atoms with Crippen molar-refractivity contribution in [1.29, 1.82) is 0 Å². The van der Waals surface area contributed by atoms with Gasteiger partial charge in [0.2, 0.25) is 34.2 Å². The lowest BCUT2D eigenvalue weighted by Crippen LogP contribution is -2.36. The maximum Gasteiger partial charge on any atom is 0.212 e. The third-order valence-electron chi connectivity index (χ3n) is 19.4. The summed E-state index contributed by atoms with van der Waals surface area (Å²) in [5, 5.41) is 0. The predicted octanol–water partition coefficient (Wildman–Crippen LogP) is 18.9. The van der Waals surface area contributed by atoms with Gasteiger partial charge in [-0.2, -0.15) is 4.57 Å². The molecule has 0 aliphatic heterocycles. The molecule has 6 aromatic heterocycles. The molecule has 6 heterocycles. The number of pyridine rings is 6. The first-order chi connectivity index (χ1) is 48.4. The van der Waals surface area contributed by atoms with Crippen LogP contribution < -0.4 is 27.4 Å². The van der Waals surface area contributed by atoms with Gasteiger partial charge in [-0.1, -0.05) is 59.7 Å². The van der Waals surface area contributed by atoms with Gasteiger partial charge in [-0.05, 0) is 275 Å². The molecule has 0 bridgehead atoms. The van der Waals surface area contributed by atoms with E-state index in [1.54, 1.807) is 6.07 Å². The zero-order valence-corrected chi connectivity index (χ0v) is 62.4. The Hall–Kier alpha value is -9.78. The topological polar surface area (TPSA) is 23.3 Å². The minimum atomic E-state index is -2.07.